The zero-order chi connectivity index (χ0) is 19.7. The Morgan fingerprint density at radius 1 is 1.21 bits per heavy atom. The Balaban J connectivity index is 1.70. The largest absolute Gasteiger partial charge is 0.464 e. The first-order valence-corrected chi connectivity index (χ1v) is 10.3. The van der Waals surface area contributed by atoms with Crippen molar-refractivity contribution in [1.29, 1.82) is 0 Å². The molecule has 0 bridgehead atoms. The molecule has 6 nitrogen and oxygen atoms in total. The Hall–Kier alpha value is -2.38. The third-order valence-electron chi connectivity index (χ3n) is 4.55. The number of esters is 1. The molecule has 1 saturated heterocycles. The average Bonchev–Trinajstić information content (AvgIpc) is 3.34. The molecule has 2 aromatic rings. The number of nitrogens with zero attached hydrogens (tertiary/aromatic N) is 1. The molecule has 2 atom stereocenters. The van der Waals surface area contributed by atoms with E-state index in [1.807, 2.05) is 18.2 Å². The van der Waals surface area contributed by atoms with Crippen molar-refractivity contribution in [1.82, 2.24) is 4.90 Å². The van der Waals surface area contributed by atoms with Gasteiger partial charge in [0.15, 0.2) is 11.5 Å². The van der Waals surface area contributed by atoms with Crippen LogP contribution in [-0.4, -0.2) is 42.0 Å². The van der Waals surface area contributed by atoms with Gasteiger partial charge in [0, 0.05) is 16.3 Å². The topological polar surface area (TPSA) is 65.1 Å². The number of carbonyl (C=O) groups excluding carboxylic acids is 2. The molecule has 0 aromatic heterocycles. The number of carbonyl (C=O) groups is 2. The fraction of sp³-hybridized carbons (Fsp3) is 0.300. The smallest absolute Gasteiger partial charge is 0.329 e. The van der Waals surface area contributed by atoms with Crippen molar-refractivity contribution in [3.8, 4) is 11.5 Å². The quantitative estimate of drug-likeness (QED) is 0.700. The molecule has 8 heteroatoms. The van der Waals surface area contributed by atoms with E-state index in [4.69, 9.17) is 25.8 Å². The molecule has 2 aliphatic rings. The molecule has 2 unspecified atom stereocenters. The van der Waals surface area contributed by atoms with Crippen LogP contribution >= 0.6 is 23.4 Å². The van der Waals surface area contributed by atoms with Gasteiger partial charge in [-0.05, 0) is 42.8 Å². The Kier molecular flexibility index (Phi) is 5.37. The third kappa shape index (κ3) is 3.52. The van der Waals surface area contributed by atoms with Gasteiger partial charge in [0.05, 0.1) is 6.61 Å². The Labute approximate surface area is 171 Å². The second kappa shape index (κ2) is 7.93. The molecule has 0 radical (unpaired) electrons. The molecule has 2 heterocycles. The molecule has 0 aliphatic carbocycles. The van der Waals surface area contributed by atoms with E-state index in [1.165, 1.54) is 11.8 Å². The first-order chi connectivity index (χ1) is 13.6. The van der Waals surface area contributed by atoms with Gasteiger partial charge in [-0.15, -0.1) is 11.8 Å². The van der Waals surface area contributed by atoms with Crippen LogP contribution in [0.15, 0.2) is 42.5 Å². The molecular weight excluding hydrogens is 402 g/mol. The molecule has 0 saturated carbocycles. The lowest BCUT2D eigenvalue weighted by Crippen LogP contribution is -2.43. The van der Waals surface area contributed by atoms with E-state index < -0.39 is 12.0 Å². The van der Waals surface area contributed by atoms with Crippen LogP contribution in [0.2, 0.25) is 5.02 Å². The van der Waals surface area contributed by atoms with E-state index in [1.54, 1.807) is 36.1 Å². The fourth-order valence-corrected chi connectivity index (χ4v) is 4.87. The maximum absolute atomic E-state index is 13.4. The zero-order valence-electron chi connectivity index (χ0n) is 15.1. The lowest BCUT2D eigenvalue weighted by atomic mass is 10.1. The second-order valence-corrected chi connectivity index (χ2v) is 7.84. The van der Waals surface area contributed by atoms with Gasteiger partial charge in [-0.2, -0.15) is 0 Å². The minimum atomic E-state index is -0.674. The lowest BCUT2D eigenvalue weighted by molar-refractivity contribution is -0.147. The summed E-state index contributed by atoms with van der Waals surface area (Å²) in [4.78, 5) is 27.5. The van der Waals surface area contributed by atoms with Gasteiger partial charge in [-0.3, -0.25) is 4.79 Å². The van der Waals surface area contributed by atoms with Crippen molar-refractivity contribution >= 4 is 35.2 Å². The summed E-state index contributed by atoms with van der Waals surface area (Å²) in [6, 6.07) is 11.7. The highest BCUT2D eigenvalue weighted by Crippen LogP contribution is 2.43. The van der Waals surface area contributed by atoms with E-state index in [9.17, 15) is 9.59 Å². The first kappa shape index (κ1) is 19.0. The monoisotopic (exact) mass is 419 g/mol. The molecule has 0 N–H and O–H groups in total. The highest BCUT2D eigenvalue weighted by Gasteiger charge is 2.43. The number of hydrogen-bond acceptors (Lipinski definition) is 6. The van der Waals surface area contributed by atoms with Gasteiger partial charge in [-0.1, -0.05) is 23.7 Å². The van der Waals surface area contributed by atoms with Crippen molar-refractivity contribution in [2.24, 2.45) is 0 Å². The standard InChI is InChI=1S/C20H18ClNO5S/c1-2-25-20(24)15-10-28-19(13-4-3-5-14(21)8-13)22(15)18(23)12-6-7-16-17(9-12)27-11-26-16/h3-9,15,19H,2,10-11H2,1H3. The third-order valence-corrected chi connectivity index (χ3v) is 6.11. The number of halogens is 1. The van der Waals surface area contributed by atoms with Gasteiger partial charge in [0.25, 0.3) is 5.91 Å². The molecule has 4 rings (SSSR count). The van der Waals surface area contributed by atoms with E-state index in [0.717, 1.165) is 5.56 Å². The van der Waals surface area contributed by atoms with E-state index in [-0.39, 0.29) is 24.7 Å². The van der Waals surface area contributed by atoms with Crippen molar-refractivity contribution in [3.63, 3.8) is 0 Å². The van der Waals surface area contributed by atoms with Gasteiger partial charge in [0.2, 0.25) is 6.79 Å². The molecule has 0 spiro atoms. The lowest BCUT2D eigenvalue weighted by Gasteiger charge is -2.28. The van der Waals surface area contributed by atoms with Crippen LogP contribution in [0.4, 0.5) is 0 Å². The normalized spacial score (nSPS) is 20.3. The Morgan fingerprint density at radius 3 is 2.82 bits per heavy atom. The number of benzene rings is 2. The van der Waals surface area contributed by atoms with Crippen LogP contribution in [-0.2, 0) is 9.53 Å². The van der Waals surface area contributed by atoms with Gasteiger partial charge in [-0.25, -0.2) is 4.79 Å². The Bertz CT molecular complexity index is 921. The first-order valence-electron chi connectivity index (χ1n) is 8.84. The molecule has 1 fully saturated rings. The van der Waals surface area contributed by atoms with Crippen molar-refractivity contribution < 1.29 is 23.8 Å². The summed E-state index contributed by atoms with van der Waals surface area (Å²) < 4.78 is 15.9. The average molecular weight is 420 g/mol. The van der Waals surface area contributed by atoms with E-state index >= 15 is 0 Å². The number of amides is 1. The van der Waals surface area contributed by atoms with Crippen LogP contribution in [0.25, 0.3) is 0 Å². The van der Waals surface area contributed by atoms with Crippen molar-refractivity contribution in [3.05, 3.63) is 58.6 Å². The minimum Gasteiger partial charge on any atom is -0.464 e. The number of fused-ring (bicyclic) bond motifs is 1. The van der Waals surface area contributed by atoms with Crippen LogP contribution in [0.3, 0.4) is 0 Å². The SMILES string of the molecule is CCOC(=O)C1CSC(c2cccc(Cl)c2)N1C(=O)c1ccc2c(c1)OCO2. The number of thioether (sulfide) groups is 1. The molecular formula is C20H18ClNO5S. The maximum Gasteiger partial charge on any atom is 0.329 e. The maximum atomic E-state index is 13.4. The van der Waals surface area contributed by atoms with Crippen molar-refractivity contribution in [2.45, 2.75) is 18.3 Å². The second-order valence-electron chi connectivity index (χ2n) is 6.29. The minimum absolute atomic E-state index is 0.128. The van der Waals surface area contributed by atoms with Crippen molar-refractivity contribution in [2.75, 3.05) is 19.2 Å². The summed E-state index contributed by atoms with van der Waals surface area (Å²) in [5.74, 6) is 0.886. The molecule has 28 heavy (non-hydrogen) atoms. The molecule has 2 aliphatic heterocycles. The summed E-state index contributed by atoms with van der Waals surface area (Å²) >= 11 is 7.66. The summed E-state index contributed by atoms with van der Waals surface area (Å²) in [5.41, 5.74) is 1.28. The van der Waals surface area contributed by atoms with E-state index in [2.05, 4.69) is 0 Å². The molecule has 2 aromatic carbocycles. The van der Waals surface area contributed by atoms with E-state index in [0.29, 0.717) is 27.8 Å². The Morgan fingerprint density at radius 2 is 2.04 bits per heavy atom. The van der Waals surface area contributed by atoms with Crippen LogP contribution < -0.4 is 9.47 Å². The summed E-state index contributed by atoms with van der Waals surface area (Å²) in [6.07, 6.45) is 0. The highest BCUT2D eigenvalue weighted by molar-refractivity contribution is 7.99. The van der Waals surface area contributed by atoms with Gasteiger partial charge >= 0.3 is 5.97 Å². The zero-order valence-corrected chi connectivity index (χ0v) is 16.7. The molecule has 1 amide bonds. The van der Waals surface area contributed by atoms with Crippen LogP contribution in [0.1, 0.15) is 28.2 Å². The van der Waals surface area contributed by atoms with Crippen LogP contribution in [0, 0.1) is 0 Å². The van der Waals surface area contributed by atoms with Crippen LogP contribution in [0.5, 0.6) is 11.5 Å². The van der Waals surface area contributed by atoms with Gasteiger partial charge < -0.3 is 19.1 Å². The summed E-state index contributed by atoms with van der Waals surface area (Å²) in [6.45, 7) is 2.13. The summed E-state index contributed by atoms with van der Waals surface area (Å²) in [5, 5.41) is 0.235. The summed E-state index contributed by atoms with van der Waals surface area (Å²) in [7, 11) is 0. The predicted octanol–water partition coefficient (Wildman–Crippen LogP) is 3.89. The highest BCUT2D eigenvalue weighted by atomic mass is 35.5. The number of rotatable bonds is 4. The fourth-order valence-electron chi connectivity index (χ4n) is 3.27. The number of hydrogen-bond donors (Lipinski definition) is 0. The number of ether oxygens (including phenoxy) is 3. The molecule has 146 valence electrons. The van der Waals surface area contributed by atoms with Gasteiger partial charge in [0.1, 0.15) is 11.4 Å². The predicted molar refractivity (Wildman–Crippen MR) is 106 cm³/mol.